The number of halogens is 2. The molecule has 0 saturated carbocycles. The van der Waals surface area contributed by atoms with Crippen LogP contribution >= 0.6 is 27.5 Å². The second-order valence-electron chi connectivity index (χ2n) is 3.46. The summed E-state index contributed by atoms with van der Waals surface area (Å²) in [6.45, 7) is 2.38. The summed E-state index contributed by atoms with van der Waals surface area (Å²) in [7, 11) is 0. The number of hydrogen-bond donors (Lipinski definition) is 1. The first-order chi connectivity index (χ1) is 7.63. The van der Waals surface area contributed by atoms with Crippen LogP contribution in [0, 0.1) is 6.92 Å². The summed E-state index contributed by atoms with van der Waals surface area (Å²) >= 11 is 9.49. The Hall–Kier alpha value is -0.840. The van der Waals surface area contributed by atoms with E-state index in [4.69, 9.17) is 17.3 Å². The maximum atomic E-state index is 6.07. The fourth-order valence-electron chi connectivity index (χ4n) is 1.49. The van der Waals surface area contributed by atoms with Gasteiger partial charge in [0.25, 0.3) is 0 Å². The molecular weight excluding hydrogens is 289 g/mol. The van der Waals surface area contributed by atoms with E-state index in [-0.39, 0.29) is 0 Å². The minimum Gasteiger partial charge on any atom is -0.325 e. The molecule has 1 aromatic carbocycles. The van der Waals surface area contributed by atoms with E-state index < -0.39 is 0 Å². The molecule has 0 aliphatic heterocycles. The molecule has 0 bridgehead atoms. The van der Waals surface area contributed by atoms with Crippen LogP contribution in [0.5, 0.6) is 0 Å². The highest BCUT2D eigenvalue weighted by Crippen LogP contribution is 2.24. The normalized spacial score (nSPS) is 10.8. The summed E-state index contributed by atoms with van der Waals surface area (Å²) in [6, 6.07) is 5.74. The number of aromatic nitrogens is 2. The van der Waals surface area contributed by atoms with Crippen LogP contribution in [-0.4, -0.2) is 9.78 Å². The van der Waals surface area contributed by atoms with Gasteiger partial charge in [-0.1, -0.05) is 17.7 Å². The van der Waals surface area contributed by atoms with Crippen molar-refractivity contribution in [3.8, 4) is 5.69 Å². The summed E-state index contributed by atoms with van der Waals surface area (Å²) in [4.78, 5) is 0. The molecule has 0 unspecified atom stereocenters. The second-order valence-corrected chi connectivity index (χ2v) is 4.72. The maximum absolute atomic E-state index is 6.07. The molecule has 0 aliphatic rings. The van der Waals surface area contributed by atoms with Crippen LogP contribution in [0.25, 0.3) is 5.69 Å². The van der Waals surface area contributed by atoms with Crippen LogP contribution < -0.4 is 5.73 Å². The SMILES string of the molecule is Cc1c(Cl)cccc1-n1cc(Br)c(CN)n1. The Bertz CT molecular complexity index is 522. The summed E-state index contributed by atoms with van der Waals surface area (Å²) < 4.78 is 2.70. The van der Waals surface area contributed by atoms with Crippen LogP contribution in [0.4, 0.5) is 0 Å². The van der Waals surface area contributed by atoms with Gasteiger partial charge in [0.15, 0.2) is 0 Å². The van der Waals surface area contributed by atoms with Gasteiger partial charge in [0.1, 0.15) is 0 Å². The molecule has 0 amide bonds. The van der Waals surface area contributed by atoms with Gasteiger partial charge in [-0.3, -0.25) is 0 Å². The van der Waals surface area contributed by atoms with Gasteiger partial charge < -0.3 is 5.73 Å². The van der Waals surface area contributed by atoms with Crippen molar-refractivity contribution in [2.75, 3.05) is 0 Å². The van der Waals surface area contributed by atoms with Crippen molar-refractivity contribution >= 4 is 27.5 Å². The second kappa shape index (κ2) is 4.57. The quantitative estimate of drug-likeness (QED) is 0.926. The molecule has 5 heteroatoms. The largest absolute Gasteiger partial charge is 0.325 e. The molecule has 0 radical (unpaired) electrons. The van der Waals surface area contributed by atoms with E-state index >= 15 is 0 Å². The average Bonchev–Trinajstić information content (AvgIpc) is 2.63. The molecule has 0 saturated heterocycles. The van der Waals surface area contributed by atoms with Gasteiger partial charge in [-0.2, -0.15) is 5.10 Å². The van der Waals surface area contributed by atoms with E-state index in [1.165, 1.54) is 0 Å². The predicted octanol–water partition coefficient (Wildman–Crippen LogP) is 3.06. The van der Waals surface area contributed by atoms with E-state index in [0.717, 1.165) is 26.4 Å². The molecule has 84 valence electrons. The number of hydrogen-bond acceptors (Lipinski definition) is 2. The summed E-state index contributed by atoms with van der Waals surface area (Å²) in [5.74, 6) is 0. The smallest absolute Gasteiger partial charge is 0.0906 e. The molecule has 16 heavy (non-hydrogen) atoms. The van der Waals surface area contributed by atoms with E-state index in [0.29, 0.717) is 6.54 Å². The zero-order valence-electron chi connectivity index (χ0n) is 8.74. The lowest BCUT2D eigenvalue weighted by molar-refractivity contribution is 0.828. The molecule has 2 rings (SSSR count). The van der Waals surface area contributed by atoms with E-state index in [9.17, 15) is 0 Å². The molecule has 0 fully saturated rings. The number of nitrogens with two attached hydrogens (primary N) is 1. The molecular formula is C11H11BrClN3. The average molecular weight is 301 g/mol. The monoisotopic (exact) mass is 299 g/mol. The Morgan fingerprint density at radius 3 is 2.88 bits per heavy atom. The van der Waals surface area contributed by atoms with Gasteiger partial charge in [0.05, 0.1) is 15.9 Å². The van der Waals surface area contributed by atoms with Gasteiger partial charge in [0, 0.05) is 17.8 Å². The van der Waals surface area contributed by atoms with Gasteiger partial charge in [0.2, 0.25) is 0 Å². The van der Waals surface area contributed by atoms with Gasteiger partial charge >= 0.3 is 0 Å². The van der Waals surface area contributed by atoms with Crippen molar-refractivity contribution in [1.82, 2.24) is 9.78 Å². The van der Waals surface area contributed by atoms with Crippen molar-refractivity contribution in [1.29, 1.82) is 0 Å². The van der Waals surface area contributed by atoms with Crippen LogP contribution in [-0.2, 0) is 6.54 Å². The summed E-state index contributed by atoms with van der Waals surface area (Å²) in [5.41, 5.74) is 8.38. The fourth-order valence-corrected chi connectivity index (χ4v) is 2.10. The van der Waals surface area contributed by atoms with E-state index in [1.807, 2.05) is 31.3 Å². The molecule has 3 nitrogen and oxygen atoms in total. The zero-order chi connectivity index (χ0) is 11.7. The van der Waals surface area contributed by atoms with Gasteiger partial charge in [-0.15, -0.1) is 0 Å². The third-order valence-corrected chi connectivity index (χ3v) is 3.49. The third-order valence-electron chi connectivity index (χ3n) is 2.42. The van der Waals surface area contributed by atoms with E-state index in [1.54, 1.807) is 4.68 Å². The molecule has 1 heterocycles. The Kier molecular flexibility index (Phi) is 3.33. The summed E-state index contributed by atoms with van der Waals surface area (Å²) in [5, 5.41) is 5.12. The molecule has 0 atom stereocenters. The minimum absolute atomic E-state index is 0.410. The van der Waals surface area contributed by atoms with Crippen LogP contribution in [0.1, 0.15) is 11.3 Å². The highest BCUT2D eigenvalue weighted by atomic mass is 79.9. The van der Waals surface area contributed by atoms with Gasteiger partial charge in [-0.05, 0) is 40.5 Å². The highest BCUT2D eigenvalue weighted by molar-refractivity contribution is 9.10. The first-order valence-corrected chi connectivity index (χ1v) is 6.00. The maximum Gasteiger partial charge on any atom is 0.0906 e. The summed E-state index contributed by atoms with van der Waals surface area (Å²) in [6.07, 6.45) is 1.89. The van der Waals surface area contributed by atoms with Crippen LogP contribution in [0.3, 0.4) is 0 Å². The molecule has 1 aromatic heterocycles. The number of nitrogens with zero attached hydrogens (tertiary/aromatic N) is 2. The Morgan fingerprint density at radius 1 is 1.50 bits per heavy atom. The Labute approximate surface area is 107 Å². The lowest BCUT2D eigenvalue weighted by Crippen LogP contribution is -2.02. The molecule has 0 aliphatic carbocycles. The van der Waals surface area contributed by atoms with Crippen LogP contribution in [0.2, 0.25) is 5.02 Å². The lowest BCUT2D eigenvalue weighted by atomic mass is 10.2. The van der Waals surface area contributed by atoms with Crippen LogP contribution in [0.15, 0.2) is 28.9 Å². The molecule has 2 aromatic rings. The van der Waals surface area contributed by atoms with Crippen molar-refractivity contribution < 1.29 is 0 Å². The lowest BCUT2D eigenvalue weighted by Gasteiger charge is -2.06. The number of benzene rings is 1. The van der Waals surface area contributed by atoms with Gasteiger partial charge in [-0.25, -0.2) is 4.68 Å². The standard InChI is InChI=1S/C11H11BrClN3/c1-7-9(13)3-2-4-11(7)16-6-8(12)10(5-14)15-16/h2-4,6H,5,14H2,1H3. The van der Waals surface area contributed by atoms with Crippen molar-refractivity contribution in [2.24, 2.45) is 5.73 Å². The molecule has 2 N–H and O–H groups in total. The highest BCUT2D eigenvalue weighted by Gasteiger charge is 2.09. The van der Waals surface area contributed by atoms with Crippen molar-refractivity contribution in [3.63, 3.8) is 0 Å². The van der Waals surface area contributed by atoms with Crippen molar-refractivity contribution in [2.45, 2.75) is 13.5 Å². The first kappa shape index (κ1) is 11.6. The fraction of sp³-hybridized carbons (Fsp3) is 0.182. The topological polar surface area (TPSA) is 43.8 Å². The first-order valence-electron chi connectivity index (χ1n) is 4.83. The zero-order valence-corrected chi connectivity index (χ0v) is 11.1. The Morgan fingerprint density at radius 2 is 2.25 bits per heavy atom. The predicted molar refractivity (Wildman–Crippen MR) is 68.9 cm³/mol. The number of rotatable bonds is 2. The van der Waals surface area contributed by atoms with Crippen molar-refractivity contribution in [3.05, 3.63) is 45.1 Å². The third kappa shape index (κ3) is 2.00. The Balaban J connectivity index is 2.54. The molecule has 0 spiro atoms. The van der Waals surface area contributed by atoms with E-state index in [2.05, 4.69) is 21.0 Å². The minimum atomic E-state index is 0.410.